The van der Waals surface area contributed by atoms with E-state index in [1.165, 1.54) is 11.0 Å². The van der Waals surface area contributed by atoms with Gasteiger partial charge in [-0.15, -0.1) is 0 Å². The van der Waals surface area contributed by atoms with E-state index < -0.39 is 12.2 Å². The molecule has 0 aliphatic carbocycles. The predicted molar refractivity (Wildman–Crippen MR) is 123 cm³/mol. The van der Waals surface area contributed by atoms with E-state index in [2.05, 4.69) is 9.88 Å². The number of ether oxygens (including phenoxy) is 2. The first-order chi connectivity index (χ1) is 16.1. The number of hydrogen-bond acceptors (Lipinski definition) is 7. The number of pyridine rings is 1. The summed E-state index contributed by atoms with van der Waals surface area (Å²) < 4.78 is 26.9. The average molecular weight is 470 g/mol. The summed E-state index contributed by atoms with van der Waals surface area (Å²) in [5.41, 5.74) is 1.54. The molecule has 2 unspecified atom stereocenters. The maximum absolute atomic E-state index is 15.3. The fourth-order valence-electron chi connectivity index (χ4n) is 5.46. The number of amides is 1. The van der Waals surface area contributed by atoms with Gasteiger partial charge in [-0.3, -0.25) is 14.7 Å². The fourth-order valence-corrected chi connectivity index (χ4v) is 6.80. The highest BCUT2D eigenvalue weighted by molar-refractivity contribution is 7.99. The Balaban J connectivity index is 1.21. The standard InChI is InChI=1S/C24H24FN3O4S/c25-17-9-19-23(10-18(17)27-15-1-2-16(27)13-33-12-15)31-11-20-22(32-24(30)28(19)20)4-3-21(29)14-5-7-26-8-6-14/h5-10,15-16,20,22H,1-4,11-13H2/t15?,16?,20-,22-/m0/s1. The summed E-state index contributed by atoms with van der Waals surface area (Å²) in [6.07, 6.45) is 4.91. The van der Waals surface area contributed by atoms with Crippen LogP contribution in [0.4, 0.5) is 20.6 Å². The monoisotopic (exact) mass is 469 g/mol. The van der Waals surface area contributed by atoms with Gasteiger partial charge in [-0.1, -0.05) is 0 Å². The van der Waals surface area contributed by atoms with E-state index in [9.17, 15) is 9.59 Å². The van der Waals surface area contributed by atoms with Gasteiger partial charge in [-0.25, -0.2) is 9.18 Å². The van der Waals surface area contributed by atoms with Crippen molar-refractivity contribution in [1.82, 2.24) is 4.98 Å². The van der Waals surface area contributed by atoms with Crippen LogP contribution in [0.2, 0.25) is 0 Å². The predicted octanol–water partition coefficient (Wildman–Crippen LogP) is 4.05. The topological polar surface area (TPSA) is 72.0 Å². The van der Waals surface area contributed by atoms with Crippen LogP contribution in [0.1, 0.15) is 36.0 Å². The first-order valence-electron chi connectivity index (χ1n) is 11.4. The Hall–Kier alpha value is -2.81. The van der Waals surface area contributed by atoms with Crippen LogP contribution < -0.4 is 14.5 Å². The fraction of sp³-hybridized carbons (Fsp3) is 0.458. The van der Waals surface area contributed by atoms with E-state index in [1.807, 2.05) is 11.8 Å². The van der Waals surface area contributed by atoms with Gasteiger partial charge in [0.05, 0.1) is 11.4 Å². The van der Waals surface area contributed by atoms with Crippen molar-refractivity contribution in [1.29, 1.82) is 0 Å². The molecule has 0 radical (unpaired) electrons. The van der Waals surface area contributed by atoms with Crippen LogP contribution in [0.25, 0.3) is 0 Å². The smallest absolute Gasteiger partial charge is 0.415 e. The minimum atomic E-state index is -0.521. The molecule has 9 heteroatoms. The quantitative estimate of drug-likeness (QED) is 0.612. The number of aromatic nitrogens is 1. The largest absolute Gasteiger partial charge is 0.489 e. The number of carbonyl (C=O) groups excluding carboxylic acids is 2. The van der Waals surface area contributed by atoms with E-state index in [0.717, 1.165) is 24.3 Å². The van der Waals surface area contributed by atoms with Gasteiger partial charge in [0.25, 0.3) is 0 Å². The zero-order valence-corrected chi connectivity index (χ0v) is 18.8. The minimum absolute atomic E-state index is 0.0333. The molecule has 4 aliphatic rings. The van der Waals surface area contributed by atoms with Crippen LogP contribution in [-0.2, 0) is 4.74 Å². The molecule has 4 atom stereocenters. The molecule has 7 nitrogen and oxygen atoms in total. The van der Waals surface area contributed by atoms with Crippen LogP contribution in [0.3, 0.4) is 0 Å². The van der Waals surface area contributed by atoms with Crippen molar-refractivity contribution in [3.63, 3.8) is 0 Å². The molecule has 5 heterocycles. The second-order valence-corrected chi connectivity index (χ2v) is 10.0. The minimum Gasteiger partial charge on any atom is -0.489 e. The number of thioether (sulfide) groups is 1. The van der Waals surface area contributed by atoms with Crippen LogP contribution in [0, 0.1) is 5.82 Å². The number of carbonyl (C=O) groups is 2. The first kappa shape index (κ1) is 20.8. The average Bonchev–Trinajstić information content (AvgIpc) is 3.28. The van der Waals surface area contributed by atoms with Crippen LogP contribution in [-0.4, -0.2) is 59.2 Å². The van der Waals surface area contributed by atoms with E-state index in [1.54, 1.807) is 30.6 Å². The van der Waals surface area contributed by atoms with Gasteiger partial charge in [0.15, 0.2) is 5.78 Å². The molecule has 2 bridgehead atoms. The summed E-state index contributed by atoms with van der Waals surface area (Å²) in [6, 6.07) is 6.79. The number of hydrogen-bond donors (Lipinski definition) is 0. The van der Waals surface area contributed by atoms with Crippen molar-refractivity contribution in [3.05, 3.63) is 48.0 Å². The lowest BCUT2D eigenvalue weighted by Crippen LogP contribution is -2.45. The zero-order valence-electron chi connectivity index (χ0n) is 18.0. The van der Waals surface area contributed by atoms with Crippen molar-refractivity contribution in [2.24, 2.45) is 0 Å². The number of halogens is 1. The van der Waals surface area contributed by atoms with E-state index in [-0.39, 0.29) is 30.7 Å². The molecular formula is C24H24FN3O4S. The molecule has 1 aromatic carbocycles. The summed E-state index contributed by atoms with van der Waals surface area (Å²) in [6.45, 7) is 0.251. The van der Waals surface area contributed by atoms with Gasteiger partial charge in [-0.05, 0) is 31.4 Å². The molecule has 1 amide bonds. The lowest BCUT2D eigenvalue weighted by Gasteiger charge is -2.38. The molecule has 33 heavy (non-hydrogen) atoms. The van der Waals surface area contributed by atoms with Crippen LogP contribution in [0.5, 0.6) is 5.75 Å². The molecule has 2 aromatic rings. The Labute approximate surface area is 195 Å². The number of fused-ring (bicyclic) bond motifs is 5. The molecular weight excluding hydrogens is 445 g/mol. The van der Waals surface area contributed by atoms with Crippen molar-refractivity contribution < 1.29 is 23.5 Å². The number of anilines is 2. The lowest BCUT2D eigenvalue weighted by molar-refractivity contribution is 0.0901. The lowest BCUT2D eigenvalue weighted by atomic mass is 10.00. The third-order valence-electron chi connectivity index (χ3n) is 7.08. The van der Waals surface area contributed by atoms with E-state index in [4.69, 9.17) is 9.47 Å². The summed E-state index contributed by atoms with van der Waals surface area (Å²) in [7, 11) is 0. The summed E-state index contributed by atoms with van der Waals surface area (Å²) in [4.78, 5) is 32.8. The van der Waals surface area contributed by atoms with Crippen molar-refractivity contribution in [2.45, 2.75) is 49.9 Å². The van der Waals surface area contributed by atoms with Gasteiger partial charge in [0, 0.05) is 60.1 Å². The summed E-state index contributed by atoms with van der Waals surface area (Å²) in [5.74, 6) is 2.15. The van der Waals surface area contributed by atoms with Gasteiger partial charge >= 0.3 is 6.09 Å². The Bertz CT molecular complexity index is 1080. The van der Waals surface area contributed by atoms with Crippen LogP contribution >= 0.6 is 11.8 Å². The number of cyclic esters (lactones) is 1. The molecule has 0 spiro atoms. The second kappa shape index (κ2) is 8.20. The third-order valence-corrected chi connectivity index (χ3v) is 8.32. The number of nitrogens with zero attached hydrogens (tertiary/aromatic N) is 3. The van der Waals surface area contributed by atoms with Gasteiger partial charge in [-0.2, -0.15) is 11.8 Å². The molecule has 172 valence electrons. The van der Waals surface area contributed by atoms with Crippen molar-refractivity contribution in [2.75, 3.05) is 27.9 Å². The molecule has 3 fully saturated rings. The van der Waals surface area contributed by atoms with Crippen molar-refractivity contribution in [3.8, 4) is 5.75 Å². The zero-order chi connectivity index (χ0) is 22.5. The Morgan fingerprint density at radius 3 is 2.67 bits per heavy atom. The number of rotatable bonds is 5. The highest BCUT2D eigenvalue weighted by atomic mass is 32.2. The Morgan fingerprint density at radius 2 is 1.91 bits per heavy atom. The normalized spacial score (nSPS) is 27.6. The molecule has 4 aliphatic heterocycles. The SMILES string of the molecule is O=C(CC[C@@H]1OC(=O)N2c3cc(F)c(N4C5CCC4CSC5)cc3OC[C@@H]12)c1ccncc1. The van der Waals surface area contributed by atoms with Gasteiger partial charge < -0.3 is 14.4 Å². The van der Waals surface area contributed by atoms with Crippen LogP contribution in [0.15, 0.2) is 36.7 Å². The van der Waals surface area contributed by atoms with E-state index in [0.29, 0.717) is 41.2 Å². The molecule has 0 saturated carbocycles. The third kappa shape index (κ3) is 3.53. The first-order valence-corrected chi connectivity index (χ1v) is 12.5. The van der Waals surface area contributed by atoms with Crippen molar-refractivity contribution >= 4 is 35.0 Å². The second-order valence-electron chi connectivity index (χ2n) is 8.97. The highest BCUT2D eigenvalue weighted by Crippen LogP contribution is 2.46. The summed E-state index contributed by atoms with van der Waals surface area (Å²) in [5, 5.41) is 0. The molecule has 3 saturated heterocycles. The number of benzene rings is 1. The number of Topliss-reactive ketones (excluding diaryl/α,β-unsaturated/α-hetero) is 1. The number of ketones is 1. The van der Waals surface area contributed by atoms with E-state index >= 15 is 4.39 Å². The molecule has 6 rings (SSSR count). The van der Waals surface area contributed by atoms with Gasteiger partial charge in [0.2, 0.25) is 0 Å². The Kier molecular flexibility index (Phi) is 5.16. The maximum atomic E-state index is 15.3. The highest BCUT2D eigenvalue weighted by Gasteiger charge is 2.47. The molecule has 1 aromatic heterocycles. The summed E-state index contributed by atoms with van der Waals surface area (Å²) >= 11 is 1.93. The van der Waals surface area contributed by atoms with Gasteiger partial charge in [0.1, 0.15) is 30.3 Å². The Morgan fingerprint density at radius 1 is 1.15 bits per heavy atom. The molecule has 0 N–H and O–H groups in total. The maximum Gasteiger partial charge on any atom is 0.415 e.